The Balaban J connectivity index is 2.22. The molecule has 0 spiro atoms. The van der Waals surface area contributed by atoms with Crippen LogP contribution in [0.3, 0.4) is 0 Å². The highest BCUT2D eigenvalue weighted by Crippen LogP contribution is 2.16. The number of hydrogen-bond donors (Lipinski definition) is 2. The predicted octanol–water partition coefficient (Wildman–Crippen LogP) is 2.77. The molecule has 2 aromatic rings. The quantitative estimate of drug-likeness (QED) is 0.896. The van der Waals surface area contributed by atoms with E-state index in [4.69, 9.17) is 0 Å². The van der Waals surface area contributed by atoms with Crippen molar-refractivity contribution in [2.45, 2.75) is 19.9 Å². The highest BCUT2D eigenvalue weighted by molar-refractivity contribution is 5.97. The Morgan fingerprint density at radius 1 is 1.05 bits per heavy atom. The van der Waals surface area contributed by atoms with Gasteiger partial charge >= 0.3 is 0 Å². The molecule has 0 saturated carbocycles. The van der Waals surface area contributed by atoms with Gasteiger partial charge in [0.15, 0.2) is 0 Å². The van der Waals surface area contributed by atoms with E-state index in [1.807, 2.05) is 62.4 Å². The molecule has 1 amide bonds. The molecule has 3 heteroatoms. The summed E-state index contributed by atoms with van der Waals surface area (Å²) >= 11 is 0. The van der Waals surface area contributed by atoms with Gasteiger partial charge in [-0.25, -0.2) is 0 Å². The van der Waals surface area contributed by atoms with Crippen LogP contribution in [0.5, 0.6) is 0 Å². The van der Waals surface area contributed by atoms with E-state index in [1.165, 1.54) is 0 Å². The van der Waals surface area contributed by atoms with Crippen molar-refractivity contribution in [2.75, 3.05) is 6.61 Å². The summed E-state index contributed by atoms with van der Waals surface area (Å²) < 4.78 is 0. The molecule has 0 aliphatic heterocycles. The van der Waals surface area contributed by atoms with Gasteiger partial charge < -0.3 is 10.4 Å². The largest absolute Gasteiger partial charge is 0.394 e. The summed E-state index contributed by atoms with van der Waals surface area (Å²) in [5.74, 6) is -0.150. The molecule has 20 heavy (non-hydrogen) atoms. The number of rotatable bonds is 4. The SMILES string of the molecule is Cc1cccc(C)c1C(=O)N[C@@H](CO)c1ccccc1. The second-order valence-corrected chi connectivity index (χ2v) is 4.89. The second kappa shape index (κ2) is 6.35. The molecule has 0 bridgehead atoms. The molecule has 1 atom stereocenters. The molecule has 0 saturated heterocycles. The van der Waals surface area contributed by atoms with Crippen LogP contribution >= 0.6 is 0 Å². The third-order valence-electron chi connectivity index (χ3n) is 3.40. The maximum Gasteiger partial charge on any atom is 0.252 e. The summed E-state index contributed by atoms with van der Waals surface area (Å²) in [4.78, 5) is 12.4. The van der Waals surface area contributed by atoms with Crippen molar-refractivity contribution in [1.82, 2.24) is 5.32 Å². The van der Waals surface area contributed by atoms with Gasteiger partial charge in [-0.2, -0.15) is 0 Å². The molecule has 0 unspecified atom stereocenters. The third kappa shape index (κ3) is 3.06. The van der Waals surface area contributed by atoms with Crippen LogP contribution in [0.2, 0.25) is 0 Å². The summed E-state index contributed by atoms with van der Waals surface area (Å²) in [6.07, 6.45) is 0. The lowest BCUT2D eigenvalue weighted by molar-refractivity contribution is 0.0915. The van der Waals surface area contributed by atoms with Crippen LogP contribution < -0.4 is 5.32 Å². The molecule has 2 aromatic carbocycles. The number of aliphatic hydroxyl groups is 1. The molecular formula is C17H19NO2. The van der Waals surface area contributed by atoms with Crippen LogP contribution in [-0.2, 0) is 0 Å². The van der Waals surface area contributed by atoms with Gasteiger partial charge in [0, 0.05) is 5.56 Å². The number of amides is 1. The van der Waals surface area contributed by atoms with Crippen LogP contribution in [0.1, 0.15) is 33.1 Å². The molecule has 2 N–H and O–H groups in total. The normalized spacial score (nSPS) is 11.9. The van der Waals surface area contributed by atoms with E-state index in [0.717, 1.165) is 16.7 Å². The molecule has 0 fully saturated rings. The number of benzene rings is 2. The van der Waals surface area contributed by atoms with Crippen molar-refractivity contribution in [3.63, 3.8) is 0 Å². The van der Waals surface area contributed by atoms with Gasteiger partial charge in [0.25, 0.3) is 5.91 Å². The number of carbonyl (C=O) groups is 1. The lowest BCUT2D eigenvalue weighted by Crippen LogP contribution is -2.31. The van der Waals surface area contributed by atoms with E-state index in [-0.39, 0.29) is 18.6 Å². The zero-order valence-corrected chi connectivity index (χ0v) is 11.8. The van der Waals surface area contributed by atoms with Gasteiger partial charge in [-0.05, 0) is 30.5 Å². The first-order valence-electron chi connectivity index (χ1n) is 6.66. The van der Waals surface area contributed by atoms with Gasteiger partial charge in [0.1, 0.15) is 0 Å². The molecule has 0 aliphatic rings. The minimum atomic E-state index is -0.386. The minimum Gasteiger partial charge on any atom is -0.394 e. The van der Waals surface area contributed by atoms with E-state index in [1.54, 1.807) is 0 Å². The van der Waals surface area contributed by atoms with Crippen molar-refractivity contribution < 1.29 is 9.90 Å². The average molecular weight is 269 g/mol. The number of carbonyl (C=O) groups excluding carboxylic acids is 1. The fourth-order valence-corrected chi connectivity index (χ4v) is 2.32. The fourth-order valence-electron chi connectivity index (χ4n) is 2.32. The number of aliphatic hydroxyl groups excluding tert-OH is 1. The number of hydrogen-bond acceptors (Lipinski definition) is 2. The van der Waals surface area contributed by atoms with Crippen molar-refractivity contribution in [1.29, 1.82) is 0 Å². The molecule has 3 nitrogen and oxygen atoms in total. The lowest BCUT2D eigenvalue weighted by Gasteiger charge is -2.18. The van der Waals surface area contributed by atoms with E-state index >= 15 is 0 Å². The Hall–Kier alpha value is -2.13. The molecule has 0 aliphatic carbocycles. The smallest absolute Gasteiger partial charge is 0.252 e. The standard InChI is InChI=1S/C17H19NO2/c1-12-7-6-8-13(2)16(12)17(20)18-15(11-19)14-9-4-3-5-10-14/h3-10,15,19H,11H2,1-2H3,(H,18,20)/t15-/m0/s1. The van der Waals surface area contributed by atoms with Crippen molar-refractivity contribution in [3.8, 4) is 0 Å². The Bertz CT molecular complexity index is 573. The van der Waals surface area contributed by atoms with Gasteiger partial charge in [0.2, 0.25) is 0 Å². The van der Waals surface area contributed by atoms with Crippen LogP contribution in [0.4, 0.5) is 0 Å². The van der Waals surface area contributed by atoms with Gasteiger partial charge in [0.05, 0.1) is 12.6 Å². The van der Waals surface area contributed by atoms with E-state index in [9.17, 15) is 9.90 Å². The molecule has 104 valence electrons. The van der Waals surface area contributed by atoms with E-state index < -0.39 is 0 Å². The first-order valence-corrected chi connectivity index (χ1v) is 6.66. The Morgan fingerprint density at radius 3 is 2.20 bits per heavy atom. The number of nitrogens with one attached hydrogen (secondary N) is 1. The second-order valence-electron chi connectivity index (χ2n) is 4.89. The highest BCUT2D eigenvalue weighted by Gasteiger charge is 2.17. The lowest BCUT2D eigenvalue weighted by atomic mass is 10.0. The molecule has 0 aromatic heterocycles. The van der Waals surface area contributed by atoms with E-state index in [0.29, 0.717) is 5.56 Å². The average Bonchev–Trinajstić information content (AvgIpc) is 2.45. The first kappa shape index (κ1) is 14.3. The topological polar surface area (TPSA) is 49.3 Å². The molecule has 0 heterocycles. The van der Waals surface area contributed by atoms with Crippen LogP contribution in [-0.4, -0.2) is 17.6 Å². The fraction of sp³-hybridized carbons (Fsp3) is 0.235. The Kier molecular flexibility index (Phi) is 4.53. The minimum absolute atomic E-state index is 0.124. The van der Waals surface area contributed by atoms with Crippen molar-refractivity contribution >= 4 is 5.91 Å². The number of aryl methyl sites for hydroxylation is 2. The summed E-state index contributed by atoms with van der Waals surface area (Å²) in [7, 11) is 0. The summed E-state index contributed by atoms with van der Waals surface area (Å²) in [5.41, 5.74) is 3.45. The molecule has 0 radical (unpaired) electrons. The first-order chi connectivity index (χ1) is 9.63. The zero-order valence-electron chi connectivity index (χ0n) is 11.8. The van der Waals surface area contributed by atoms with Gasteiger partial charge in [-0.1, -0.05) is 48.5 Å². The maximum atomic E-state index is 12.4. The van der Waals surface area contributed by atoms with Crippen molar-refractivity contribution in [3.05, 3.63) is 70.8 Å². The van der Waals surface area contributed by atoms with Crippen LogP contribution in [0, 0.1) is 13.8 Å². The molecule has 2 rings (SSSR count). The summed E-state index contributed by atoms with van der Waals surface area (Å²) in [6, 6.07) is 14.9. The van der Waals surface area contributed by atoms with Gasteiger partial charge in [-0.15, -0.1) is 0 Å². The van der Waals surface area contributed by atoms with Crippen molar-refractivity contribution in [2.24, 2.45) is 0 Å². The molecular weight excluding hydrogens is 250 g/mol. The Morgan fingerprint density at radius 2 is 1.65 bits per heavy atom. The van der Waals surface area contributed by atoms with Crippen LogP contribution in [0.15, 0.2) is 48.5 Å². The van der Waals surface area contributed by atoms with E-state index in [2.05, 4.69) is 5.32 Å². The maximum absolute atomic E-state index is 12.4. The third-order valence-corrected chi connectivity index (χ3v) is 3.40. The predicted molar refractivity (Wildman–Crippen MR) is 79.7 cm³/mol. The Labute approximate surface area is 119 Å². The van der Waals surface area contributed by atoms with Gasteiger partial charge in [-0.3, -0.25) is 4.79 Å². The zero-order chi connectivity index (χ0) is 14.5. The summed E-state index contributed by atoms with van der Waals surface area (Å²) in [5, 5.41) is 12.4. The van der Waals surface area contributed by atoms with Crippen LogP contribution in [0.25, 0.3) is 0 Å². The summed E-state index contributed by atoms with van der Waals surface area (Å²) in [6.45, 7) is 3.71. The highest BCUT2D eigenvalue weighted by atomic mass is 16.3. The monoisotopic (exact) mass is 269 g/mol.